The van der Waals surface area contributed by atoms with Crippen molar-refractivity contribution >= 4 is 33.2 Å². The van der Waals surface area contributed by atoms with Gasteiger partial charge in [0.25, 0.3) is 0 Å². The molecule has 0 amide bonds. The first-order valence-corrected chi connectivity index (χ1v) is 7.72. The van der Waals surface area contributed by atoms with E-state index in [4.69, 9.17) is 27.9 Å². The van der Waals surface area contributed by atoms with Gasteiger partial charge in [-0.05, 0) is 30.7 Å². The maximum absolute atomic E-state index is 12.1. The van der Waals surface area contributed by atoms with Gasteiger partial charge < -0.3 is 4.74 Å². The van der Waals surface area contributed by atoms with E-state index in [9.17, 15) is 8.42 Å². The Kier molecular flexibility index (Phi) is 6.38. The molecule has 0 bridgehead atoms. The van der Waals surface area contributed by atoms with Crippen LogP contribution in [0.5, 0.6) is 0 Å². The summed E-state index contributed by atoms with van der Waals surface area (Å²) in [6.07, 6.45) is 0.502. The topological polar surface area (TPSA) is 55.4 Å². The second-order valence-corrected chi connectivity index (χ2v) is 6.23. The fraction of sp³-hybridized carbons (Fsp3) is 0.455. The van der Waals surface area contributed by atoms with Gasteiger partial charge in [0.15, 0.2) is 0 Å². The monoisotopic (exact) mass is 311 g/mol. The number of benzene rings is 1. The van der Waals surface area contributed by atoms with Crippen LogP contribution in [0.15, 0.2) is 29.2 Å². The van der Waals surface area contributed by atoms with Gasteiger partial charge in [-0.1, -0.05) is 11.6 Å². The lowest BCUT2D eigenvalue weighted by atomic mass is 10.3. The third kappa shape index (κ3) is 4.74. The Morgan fingerprint density at radius 2 is 1.94 bits per heavy atom. The Bertz CT molecular complexity index is 456. The molecule has 0 aliphatic heterocycles. The maximum atomic E-state index is 12.1. The molecule has 18 heavy (non-hydrogen) atoms. The van der Waals surface area contributed by atoms with Gasteiger partial charge in [0.2, 0.25) is 10.0 Å². The van der Waals surface area contributed by atoms with E-state index in [1.165, 1.54) is 31.4 Å². The molecule has 0 aliphatic carbocycles. The second-order valence-electron chi connectivity index (χ2n) is 3.71. The number of ether oxygens (including phenoxy) is 1. The average molecular weight is 312 g/mol. The lowest BCUT2D eigenvalue weighted by Crippen LogP contribution is -2.38. The van der Waals surface area contributed by atoms with E-state index in [0.717, 1.165) is 0 Å². The van der Waals surface area contributed by atoms with E-state index in [0.29, 0.717) is 17.3 Å². The summed E-state index contributed by atoms with van der Waals surface area (Å²) in [5, 5.41) is 0.489. The number of halogens is 2. The molecule has 1 rings (SSSR count). The molecule has 0 heterocycles. The van der Waals surface area contributed by atoms with Crippen molar-refractivity contribution in [3.63, 3.8) is 0 Å². The van der Waals surface area contributed by atoms with Crippen molar-refractivity contribution in [2.24, 2.45) is 0 Å². The summed E-state index contributed by atoms with van der Waals surface area (Å²) in [4.78, 5) is 0.169. The Morgan fingerprint density at radius 3 is 2.44 bits per heavy atom. The fourth-order valence-corrected chi connectivity index (χ4v) is 3.05. The summed E-state index contributed by atoms with van der Waals surface area (Å²) in [7, 11) is -2.06. The highest BCUT2D eigenvalue weighted by Gasteiger charge is 2.19. The Morgan fingerprint density at radius 1 is 1.33 bits per heavy atom. The standard InChI is InChI=1S/C11H15Cl2NO3S/c1-17-8-10(6-7-12)14-18(15,16)11-4-2-9(13)3-5-11/h2-5,10,14H,6-8H2,1H3. The lowest BCUT2D eigenvalue weighted by molar-refractivity contribution is 0.173. The molecule has 0 fully saturated rings. The molecule has 102 valence electrons. The Hall–Kier alpha value is -0.330. The van der Waals surface area contributed by atoms with E-state index in [1.807, 2.05) is 0 Å². The van der Waals surface area contributed by atoms with Crippen LogP contribution in [0, 0.1) is 0 Å². The molecule has 0 saturated heterocycles. The van der Waals surface area contributed by atoms with Crippen molar-refractivity contribution in [3.8, 4) is 0 Å². The van der Waals surface area contributed by atoms with Gasteiger partial charge in [-0.25, -0.2) is 13.1 Å². The molecular weight excluding hydrogens is 297 g/mol. The van der Waals surface area contributed by atoms with Gasteiger partial charge in [0, 0.05) is 24.1 Å². The number of hydrogen-bond donors (Lipinski definition) is 1. The van der Waals surface area contributed by atoms with E-state index in [-0.39, 0.29) is 17.5 Å². The van der Waals surface area contributed by atoms with Crippen LogP contribution in [0.1, 0.15) is 6.42 Å². The third-order valence-corrected chi connectivity index (χ3v) is 4.28. The quantitative estimate of drug-likeness (QED) is 0.786. The molecule has 1 aromatic carbocycles. The number of rotatable bonds is 7. The number of nitrogens with one attached hydrogen (secondary N) is 1. The fourth-order valence-electron chi connectivity index (χ4n) is 1.41. The molecule has 7 heteroatoms. The van der Waals surface area contributed by atoms with E-state index in [2.05, 4.69) is 4.72 Å². The van der Waals surface area contributed by atoms with Crippen molar-refractivity contribution < 1.29 is 13.2 Å². The number of alkyl halides is 1. The van der Waals surface area contributed by atoms with E-state index in [1.54, 1.807) is 0 Å². The number of sulfonamides is 1. The predicted molar refractivity (Wildman–Crippen MR) is 72.8 cm³/mol. The van der Waals surface area contributed by atoms with Crippen molar-refractivity contribution in [2.75, 3.05) is 19.6 Å². The van der Waals surface area contributed by atoms with Crippen molar-refractivity contribution in [2.45, 2.75) is 17.4 Å². The first-order valence-electron chi connectivity index (χ1n) is 5.32. The molecule has 0 aromatic heterocycles. The molecule has 1 aromatic rings. The number of hydrogen-bond acceptors (Lipinski definition) is 3. The zero-order valence-electron chi connectivity index (χ0n) is 9.90. The minimum absolute atomic E-state index is 0.169. The van der Waals surface area contributed by atoms with Gasteiger partial charge in [0.1, 0.15) is 0 Å². The highest BCUT2D eigenvalue weighted by molar-refractivity contribution is 7.89. The van der Waals surface area contributed by atoms with Gasteiger partial charge in [-0.2, -0.15) is 0 Å². The van der Waals surface area contributed by atoms with Crippen LogP contribution in [0.2, 0.25) is 5.02 Å². The Labute approximate surface area is 117 Å². The zero-order chi connectivity index (χ0) is 13.6. The molecule has 0 radical (unpaired) electrons. The van der Waals surface area contributed by atoms with Crippen LogP contribution in [-0.2, 0) is 14.8 Å². The Balaban J connectivity index is 2.82. The van der Waals surface area contributed by atoms with Gasteiger partial charge in [-0.15, -0.1) is 11.6 Å². The zero-order valence-corrected chi connectivity index (χ0v) is 12.2. The van der Waals surface area contributed by atoms with Crippen molar-refractivity contribution in [3.05, 3.63) is 29.3 Å². The maximum Gasteiger partial charge on any atom is 0.240 e. The van der Waals surface area contributed by atoms with Gasteiger partial charge in [0.05, 0.1) is 11.5 Å². The van der Waals surface area contributed by atoms with Crippen LogP contribution < -0.4 is 4.72 Å². The summed E-state index contributed by atoms with van der Waals surface area (Å²) in [6, 6.07) is 5.63. The molecular formula is C11H15Cl2NO3S. The van der Waals surface area contributed by atoms with Crippen LogP contribution >= 0.6 is 23.2 Å². The molecule has 1 unspecified atom stereocenters. The van der Waals surface area contributed by atoms with Crippen molar-refractivity contribution in [1.29, 1.82) is 0 Å². The summed E-state index contributed by atoms with van der Waals surface area (Å²) < 4.78 is 31.6. The predicted octanol–water partition coefficient (Wildman–Crippen LogP) is 2.26. The first-order chi connectivity index (χ1) is 8.49. The second kappa shape index (κ2) is 7.31. The average Bonchev–Trinajstić information content (AvgIpc) is 2.29. The molecule has 1 N–H and O–H groups in total. The molecule has 0 saturated carbocycles. The highest BCUT2D eigenvalue weighted by Crippen LogP contribution is 2.14. The van der Waals surface area contributed by atoms with Crippen LogP contribution in [0.4, 0.5) is 0 Å². The molecule has 1 atom stereocenters. The van der Waals surface area contributed by atoms with Crippen LogP contribution in [0.3, 0.4) is 0 Å². The summed E-state index contributed by atoms with van der Waals surface area (Å²) in [5.74, 6) is 0.358. The lowest BCUT2D eigenvalue weighted by Gasteiger charge is -2.16. The largest absolute Gasteiger partial charge is 0.383 e. The van der Waals surface area contributed by atoms with Crippen LogP contribution in [-0.4, -0.2) is 34.1 Å². The molecule has 0 spiro atoms. The van der Waals surface area contributed by atoms with E-state index < -0.39 is 10.0 Å². The van der Waals surface area contributed by atoms with Gasteiger partial charge >= 0.3 is 0 Å². The highest BCUT2D eigenvalue weighted by atomic mass is 35.5. The molecule has 0 aliphatic rings. The summed E-state index contributed by atoms with van der Waals surface area (Å²) >= 11 is 11.3. The minimum atomic E-state index is -3.57. The normalized spacial score (nSPS) is 13.5. The van der Waals surface area contributed by atoms with Crippen molar-refractivity contribution in [1.82, 2.24) is 4.72 Å². The first kappa shape index (κ1) is 15.7. The summed E-state index contributed by atoms with van der Waals surface area (Å²) in [5.41, 5.74) is 0. The van der Waals surface area contributed by atoms with Gasteiger partial charge in [-0.3, -0.25) is 0 Å². The number of methoxy groups -OCH3 is 1. The van der Waals surface area contributed by atoms with E-state index >= 15 is 0 Å². The van der Waals surface area contributed by atoms with Crippen LogP contribution in [0.25, 0.3) is 0 Å². The molecule has 4 nitrogen and oxygen atoms in total. The third-order valence-electron chi connectivity index (χ3n) is 2.27. The smallest absolute Gasteiger partial charge is 0.240 e. The summed E-state index contributed by atoms with van der Waals surface area (Å²) in [6.45, 7) is 0.277. The SMILES string of the molecule is COCC(CCCl)NS(=O)(=O)c1ccc(Cl)cc1. The minimum Gasteiger partial charge on any atom is -0.383 e.